The number of nitrogens with zero attached hydrogens (tertiary/aromatic N) is 2. The van der Waals surface area contributed by atoms with Gasteiger partial charge in [-0.25, -0.2) is 0 Å². The summed E-state index contributed by atoms with van der Waals surface area (Å²) in [5, 5.41) is 0. The molecule has 0 aliphatic carbocycles. The second-order valence-electron chi connectivity index (χ2n) is 25.9. The minimum atomic E-state index is -0.0150. The van der Waals surface area contributed by atoms with Crippen molar-refractivity contribution in [2.75, 3.05) is 13.1 Å². The number of carbonyl (C=O) groups is 2. The Morgan fingerprint density at radius 2 is 0.550 bits per heavy atom. The van der Waals surface area contributed by atoms with Gasteiger partial charge in [-0.05, 0) is 159 Å². The molecule has 0 fully saturated rings. The standard InChI is InChI=1S/C70H96N2O2S6/c1-45(2)17-13-21-49(9)25-27-53-29-31-55(75-53)57-33-35-59(77-57)61-37-39-63(79-61)67-65-66(70(74)71(67)43-41-51(11)23-15-19-47(5)6)68(72(69(65)73)44-42-52(12)24-16-20-48(7)8)64-40-38-62(80-64)60-36-34-58(78-60)56-32-30-54(76-56)28-26-50(10)22-14-18-46(3)4/h29-40,45-52H,13-28,41-44H2,1-12H3/t49-,50-,51-,52-/m0/s1. The first-order valence-corrected chi connectivity index (χ1v) is 36.0. The maximum atomic E-state index is 15.6. The van der Waals surface area contributed by atoms with Gasteiger partial charge in [0, 0.05) is 61.9 Å². The lowest BCUT2D eigenvalue weighted by molar-refractivity contribution is -0.124. The molecule has 4 atom stereocenters. The van der Waals surface area contributed by atoms with Gasteiger partial charge in [-0.3, -0.25) is 9.59 Å². The van der Waals surface area contributed by atoms with Crippen molar-refractivity contribution >= 4 is 91.2 Å². The highest BCUT2D eigenvalue weighted by Gasteiger charge is 2.49. The van der Waals surface area contributed by atoms with Gasteiger partial charge < -0.3 is 9.80 Å². The predicted molar refractivity (Wildman–Crippen MR) is 356 cm³/mol. The van der Waals surface area contributed by atoms with Crippen LogP contribution in [-0.2, 0) is 22.4 Å². The fourth-order valence-electron chi connectivity index (χ4n) is 11.6. The van der Waals surface area contributed by atoms with Crippen LogP contribution in [0.3, 0.4) is 0 Å². The van der Waals surface area contributed by atoms with E-state index in [1.165, 1.54) is 126 Å². The van der Waals surface area contributed by atoms with E-state index in [1.54, 1.807) is 22.7 Å². The number of amides is 2. The van der Waals surface area contributed by atoms with Crippen molar-refractivity contribution in [1.29, 1.82) is 0 Å². The zero-order valence-corrected chi connectivity index (χ0v) is 55.7. The van der Waals surface area contributed by atoms with Gasteiger partial charge in [0.25, 0.3) is 11.8 Å². The molecule has 6 aromatic heterocycles. The van der Waals surface area contributed by atoms with E-state index in [1.807, 2.05) is 55.1 Å². The van der Waals surface area contributed by atoms with Crippen LogP contribution in [-0.4, -0.2) is 34.7 Å². The molecule has 80 heavy (non-hydrogen) atoms. The van der Waals surface area contributed by atoms with E-state index in [9.17, 15) is 0 Å². The predicted octanol–water partition coefficient (Wildman–Crippen LogP) is 23.0. The lowest BCUT2D eigenvalue weighted by Crippen LogP contribution is -2.31. The van der Waals surface area contributed by atoms with Crippen LogP contribution >= 0.6 is 68.0 Å². The maximum Gasteiger partial charge on any atom is 0.261 e. The zero-order chi connectivity index (χ0) is 57.0. The van der Waals surface area contributed by atoms with Crippen LogP contribution in [0.4, 0.5) is 0 Å². The smallest absolute Gasteiger partial charge is 0.261 e. The molecule has 0 saturated heterocycles. The van der Waals surface area contributed by atoms with Gasteiger partial charge in [-0.2, -0.15) is 0 Å². The summed E-state index contributed by atoms with van der Waals surface area (Å²) in [6.45, 7) is 29.3. The minimum absolute atomic E-state index is 0.0150. The number of carbonyl (C=O) groups excluding carboxylic acids is 2. The molecule has 4 nitrogen and oxygen atoms in total. The van der Waals surface area contributed by atoms with Crippen LogP contribution in [0.1, 0.15) is 205 Å². The summed E-state index contributed by atoms with van der Waals surface area (Å²) in [5.74, 6) is 5.34. The monoisotopic (exact) mass is 1190 g/mol. The Bertz CT molecular complexity index is 2780. The number of aryl methyl sites for hydroxylation is 2. The third-order valence-corrected chi connectivity index (χ3v) is 24.2. The number of hydrogen-bond donors (Lipinski definition) is 0. The molecule has 0 radical (unpaired) electrons. The largest absolute Gasteiger partial charge is 0.306 e. The number of thiophene rings is 6. The van der Waals surface area contributed by atoms with Gasteiger partial charge in [0.15, 0.2) is 0 Å². The summed E-state index contributed by atoms with van der Waals surface area (Å²) in [5.41, 5.74) is 2.85. The van der Waals surface area contributed by atoms with E-state index in [-0.39, 0.29) is 11.8 Å². The Morgan fingerprint density at radius 3 is 0.850 bits per heavy atom. The molecular weight excluding hydrogens is 1090 g/mol. The SMILES string of the molecule is CC(C)CCC[C@H](C)CCc1ccc(-c2ccc(-c3ccc(C4=C5C(=O)N(CC[C@@H](C)CCCC(C)C)C(c6ccc(-c7ccc(-c8ccc(CC[C@@H](C)CCCC(C)C)s8)s7)s6)=C5C(=O)N4CC[C@@H](C)CCCC(C)C)s3)s2)s1. The van der Waals surface area contributed by atoms with Crippen LogP contribution in [0.5, 0.6) is 0 Å². The van der Waals surface area contributed by atoms with Gasteiger partial charge in [-0.1, -0.05) is 160 Å². The summed E-state index contributed by atoms with van der Waals surface area (Å²) in [7, 11) is 0. The van der Waals surface area contributed by atoms with Gasteiger partial charge in [0.2, 0.25) is 0 Å². The second-order valence-corrected chi connectivity index (χ2v) is 32.6. The summed E-state index contributed by atoms with van der Waals surface area (Å²) in [6.07, 6.45) is 21.6. The van der Waals surface area contributed by atoms with Crippen LogP contribution in [0.2, 0.25) is 0 Å². The molecule has 2 aliphatic heterocycles. The third kappa shape index (κ3) is 16.9. The highest BCUT2D eigenvalue weighted by atomic mass is 32.1. The lowest BCUT2D eigenvalue weighted by Gasteiger charge is -2.26. The fourth-order valence-corrected chi connectivity index (χ4v) is 18.1. The first-order chi connectivity index (χ1) is 38.4. The quantitative estimate of drug-likeness (QED) is 0.0404. The number of rotatable bonds is 34. The van der Waals surface area contributed by atoms with Crippen molar-refractivity contribution < 1.29 is 9.59 Å². The second kappa shape index (κ2) is 29.9. The van der Waals surface area contributed by atoms with Gasteiger partial charge >= 0.3 is 0 Å². The van der Waals surface area contributed by atoms with Crippen molar-refractivity contribution in [2.24, 2.45) is 47.3 Å². The molecule has 0 unspecified atom stereocenters. The molecule has 434 valence electrons. The molecule has 10 heteroatoms. The van der Waals surface area contributed by atoms with E-state index >= 15 is 9.59 Å². The molecule has 2 amide bonds. The van der Waals surface area contributed by atoms with E-state index in [2.05, 4.69) is 156 Å². The topological polar surface area (TPSA) is 40.6 Å². The molecule has 0 saturated carbocycles. The first kappa shape index (κ1) is 62.7. The summed E-state index contributed by atoms with van der Waals surface area (Å²) >= 11 is 11.1. The molecule has 8 heterocycles. The van der Waals surface area contributed by atoms with Crippen LogP contribution in [0.15, 0.2) is 83.9 Å². The maximum absolute atomic E-state index is 15.6. The molecule has 0 spiro atoms. The first-order valence-electron chi connectivity index (χ1n) is 31.1. The third-order valence-electron chi connectivity index (χ3n) is 16.7. The molecule has 6 aromatic rings. The van der Waals surface area contributed by atoms with Crippen LogP contribution in [0, 0.1) is 47.3 Å². The highest BCUT2D eigenvalue weighted by Crippen LogP contribution is 2.52. The van der Waals surface area contributed by atoms with Crippen molar-refractivity contribution in [3.8, 4) is 39.0 Å². The van der Waals surface area contributed by atoms with Gasteiger partial charge in [0.05, 0.1) is 32.3 Å². The van der Waals surface area contributed by atoms with Crippen molar-refractivity contribution in [3.05, 3.63) is 103 Å². The average Bonchev–Trinajstić information content (AvgIpc) is 4.34. The average molecular weight is 1190 g/mol. The Morgan fingerprint density at radius 1 is 0.300 bits per heavy atom. The highest BCUT2D eigenvalue weighted by molar-refractivity contribution is 7.27. The Balaban J connectivity index is 1.08. The van der Waals surface area contributed by atoms with Gasteiger partial charge in [0.1, 0.15) is 0 Å². The summed E-state index contributed by atoms with van der Waals surface area (Å²) < 4.78 is 0. The number of fused-ring (bicyclic) bond motifs is 1. The summed E-state index contributed by atoms with van der Waals surface area (Å²) in [4.78, 5) is 50.2. The molecule has 2 aliphatic rings. The minimum Gasteiger partial charge on any atom is -0.306 e. The van der Waals surface area contributed by atoms with E-state index in [4.69, 9.17) is 0 Å². The molecule has 0 aromatic carbocycles. The van der Waals surface area contributed by atoms with E-state index < -0.39 is 0 Å². The molecule has 0 bridgehead atoms. The Kier molecular flexibility index (Phi) is 23.4. The van der Waals surface area contributed by atoms with Crippen molar-refractivity contribution in [1.82, 2.24) is 9.80 Å². The summed E-state index contributed by atoms with van der Waals surface area (Å²) in [6, 6.07) is 27.3. The normalized spacial score (nSPS) is 15.7. The van der Waals surface area contributed by atoms with E-state index in [0.29, 0.717) is 47.9 Å². The van der Waals surface area contributed by atoms with Crippen molar-refractivity contribution in [3.63, 3.8) is 0 Å². The number of hydrogen-bond acceptors (Lipinski definition) is 8. The van der Waals surface area contributed by atoms with E-state index in [0.717, 1.165) is 83.3 Å². The Labute approximate surface area is 508 Å². The molecule has 8 rings (SSSR count). The molecular formula is C70H96N2O2S6. The van der Waals surface area contributed by atoms with Crippen molar-refractivity contribution in [2.45, 2.75) is 199 Å². The molecule has 0 N–H and O–H groups in total. The lowest BCUT2D eigenvalue weighted by atomic mass is 9.96. The fraction of sp³-hybridized carbons (Fsp3) is 0.571. The Hall–Kier alpha value is -3.38. The zero-order valence-electron chi connectivity index (χ0n) is 50.8. The van der Waals surface area contributed by atoms with Crippen LogP contribution in [0.25, 0.3) is 50.4 Å². The van der Waals surface area contributed by atoms with Gasteiger partial charge in [-0.15, -0.1) is 68.0 Å². The van der Waals surface area contributed by atoms with Crippen LogP contribution < -0.4 is 0 Å².